The molecule has 2 N–H and O–H groups in total. The third kappa shape index (κ3) is 3.77. The number of nitro benzene ring substituents is 1. The van der Waals surface area contributed by atoms with Crippen LogP contribution in [0, 0.1) is 10.1 Å². The molecule has 1 amide bonds. The quantitative estimate of drug-likeness (QED) is 0.224. The maximum Gasteiger partial charge on any atom is 0.292 e. The molecule has 0 atom stereocenters. The Kier molecular flexibility index (Phi) is 5.07. The Bertz CT molecular complexity index is 963. The van der Waals surface area contributed by atoms with Crippen LogP contribution in [0.25, 0.3) is 10.9 Å². The maximum atomic E-state index is 12.4. The van der Waals surface area contributed by atoms with Crippen LogP contribution in [-0.2, 0) is 11.2 Å². The van der Waals surface area contributed by atoms with Crippen LogP contribution in [0.5, 0.6) is 0 Å². The fraction of sp³-hybridized carbons (Fsp3) is 0.158. The molecule has 0 unspecified atom stereocenters. The molecule has 1 aromatic heterocycles. The van der Waals surface area contributed by atoms with Crippen molar-refractivity contribution in [1.29, 1.82) is 0 Å². The Morgan fingerprint density at radius 2 is 1.88 bits per heavy atom. The van der Waals surface area contributed by atoms with E-state index in [-0.39, 0.29) is 11.3 Å². The summed E-state index contributed by atoms with van der Waals surface area (Å²) in [6, 6.07) is 14.0. The number of benzene rings is 2. The highest BCUT2D eigenvalue weighted by Crippen LogP contribution is 2.24. The van der Waals surface area contributed by atoms with E-state index in [1.165, 1.54) is 24.4 Å². The number of hydrogen-bond acceptors (Lipinski definition) is 4. The van der Waals surface area contributed by atoms with Crippen molar-refractivity contribution in [3.63, 3.8) is 0 Å². The number of Topliss-reactive ketones (excluding diaryl/α,β-unsaturated/α-hetero) is 1. The molecule has 3 aromatic rings. The first-order valence-electron chi connectivity index (χ1n) is 8.18. The minimum atomic E-state index is -0.717. The number of aromatic amines is 1. The second kappa shape index (κ2) is 7.60. The highest BCUT2D eigenvalue weighted by molar-refractivity contribution is 6.45. The van der Waals surface area contributed by atoms with Crippen LogP contribution < -0.4 is 5.32 Å². The Balaban J connectivity index is 1.63. The van der Waals surface area contributed by atoms with Gasteiger partial charge in [0.2, 0.25) is 0 Å². The molecule has 26 heavy (non-hydrogen) atoms. The monoisotopic (exact) mass is 351 g/mol. The number of rotatable bonds is 7. The standard InChI is InChI=1S/C19H17N3O4/c23-18(19(24)20-10-4-7-13-5-2-1-3-6-13)16-12-21-17-9-8-14(22(25)26)11-15(16)17/h1-3,5-6,8-9,11-12,21H,4,7,10H2,(H,20,24). The average Bonchev–Trinajstić information content (AvgIpc) is 3.08. The van der Waals surface area contributed by atoms with Crippen LogP contribution in [0.15, 0.2) is 54.7 Å². The van der Waals surface area contributed by atoms with Crippen molar-refractivity contribution in [2.45, 2.75) is 12.8 Å². The number of nitrogens with zero attached hydrogens (tertiary/aromatic N) is 1. The summed E-state index contributed by atoms with van der Waals surface area (Å²) in [6.45, 7) is 0.377. The van der Waals surface area contributed by atoms with E-state index < -0.39 is 16.6 Å². The van der Waals surface area contributed by atoms with Gasteiger partial charge in [0.15, 0.2) is 0 Å². The lowest BCUT2D eigenvalue weighted by Crippen LogP contribution is -2.31. The van der Waals surface area contributed by atoms with Crippen LogP contribution >= 0.6 is 0 Å². The number of carbonyl (C=O) groups excluding carboxylic acids is 2. The lowest BCUT2D eigenvalue weighted by Gasteiger charge is -2.04. The minimum absolute atomic E-state index is 0.129. The molecule has 0 aliphatic rings. The molecule has 1 heterocycles. The highest BCUT2D eigenvalue weighted by atomic mass is 16.6. The molecule has 132 valence electrons. The topological polar surface area (TPSA) is 105 Å². The van der Waals surface area contributed by atoms with Gasteiger partial charge in [0.1, 0.15) is 0 Å². The summed E-state index contributed by atoms with van der Waals surface area (Å²) < 4.78 is 0. The first-order chi connectivity index (χ1) is 12.6. The van der Waals surface area contributed by atoms with Crippen molar-refractivity contribution >= 4 is 28.3 Å². The number of H-pyrrole nitrogens is 1. The number of amides is 1. The molecule has 0 saturated heterocycles. The zero-order valence-corrected chi connectivity index (χ0v) is 13.9. The van der Waals surface area contributed by atoms with Crippen molar-refractivity contribution in [3.8, 4) is 0 Å². The van der Waals surface area contributed by atoms with E-state index >= 15 is 0 Å². The second-order valence-corrected chi connectivity index (χ2v) is 5.86. The van der Waals surface area contributed by atoms with Crippen molar-refractivity contribution in [2.24, 2.45) is 0 Å². The fourth-order valence-electron chi connectivity index (χ4n) is 2.75. The van der Waals surface area contributed by atoms with Gasteiger partial charge in [-0.1, -0.05) is 30.3 Å². The van der Waals surface area contributed by atoms with Crippen LogP contribution in [0.2, 0.25) is 0 Å². The molecule has 0 aliphatic carbocycles. The third-order valence-electron chi connectivity index (χ3n) is 4.10. The number of fused-ring (bicyclic) bond motifs is 1. The average molecular weight is 351 g/mol. The van der Waals surface area contributed by atoms with Gasteiger partial charge in [0, 0.05) is 35.8 Å². The molecular weight excluding hydrogens is 334 g/mol. The Hall–Kier alpha value is -3.48. The summed E-state index contributed by atoms with van der Waals surface area (Å²) in [5.41, 5.74) is 1.73. The lowest BCUT2D eigenvalue weighted by atomic mass is 10.1. The molecule has 0 spiro atoms. The number of hydrogen-bond donors (Lipinski definition) is 2. The maximum absolute atomic E-state index is 12.4. The smallest absolute Gasteiger partial charge is 0.292 e. The van der Waals surface area contributed by atoms with Crippen molar-refractivity contribution in [1.82, 2.24) is 10.3 Å². The third-order valence-corrected chi connectivity index (χ3v) is 4.10. The fourth-order valence-corrected chi connectivity index (χ4v) is 2.75. The van der Waals surface area contributed by atoms with E-state index in [0.29, 0.717) is 23.9 Å². The van der Waals surface area contributed by atoms with E-state index in [1.807, 2.05) is 30.3 Å². The summed E-state index contributed by atoms with van der Waals surface area (Å²) in [5, 5.41) is 13.9. The largest absolute Gasteiger partial charge is 0.360 e. The molecule has 0 fully saturated rings. The molecule has 7 heteroatoms. The van der Waals surface area contributed by atoms with Crippen LogP contribution in [0.4, 0.5) is 5.69 Å². The minimum Gasteiger partial charge on any atom is -0.360 e. The van der Waals surface area contributed by atoms with Crippen molar-refractivity contribution in [2.75, 3.05) is 6.54 Å². The first-order valence-corrected chi connectivity index (χ1v) is 8.18. The first kappa shape index (κ1) is 17.3. The summed E-state index contributed by atoms with van der Waals surface area (Å²) in [4.78, 5) is 37.7. The molecule has 7 nitrogen and oxygen atoms in total. The number of aryl methyl sites for hydroxylation is 1. The van der Waals surface area contributed by atoms with Crippen molar-refractivity contribution in [3.05, 3.63) is 76.0 Å². The van der Waals surface area contributed by atoms with E-state index in [9.17, 15) is 19.7 Å². The predicted octanol–water partition coefficient (Wildman–Crippen LogP) is 3.01. The lowest BCUT2D eigenvalue weighted by molar-refractivity contribution is -0.384. The zero-order valence-electron chi connectivity index (χ0n) is 13.9. The molecule has 0 bridgehead atoms. The zero-order chi connectivity index (χ0) is 18.5. The van der Waals surface area contributed by atoms with Gasteiger partial charge in [-0.25, -0.2) is 0 Å². The van der Waals surface area contributed by atoms with Gasteiger partial charge in [-0.3, -0.25) is 19.7 Å². The van der Waals surface area contributed by atoms with Gasteiger partial charge in [-0.15, -0.1) is 0 Å². The van der Waals surface area contributed by atoms with E-state index in [2.05, 4.69) is 10.3 Å². The summed E-state index contributed by atoms with van der Waals surface area (Å²) in [5.74, 6) is -1.43. The Labute approximate surface area is 149 Å². The highest BCUT2D eigenvalue weighted by Gasteiger charge is 2.21. The van der Waals surface area contributed by atoms with Crippen LogP contribution in [0.3, 0.4) is 0 Å². The van der Waals surface area contributed by atoms with Gasteiger partial charge in [0.25, 0.3) is 17.4 Å². The predicted molar refractivity (Wildman–Crippen MR) is 97.1 cm³/mol. The summed E-state index contributed by atoms with van der Waals surface area (Å²) in [7, 11) is 0. The Morgan fingerprint density at radius 1 is 1.12 bits per heavy atom. The van der Waals surface area contributed by atoms with Gasteiger partial charge in [-0.05, 0) is 24.5 Å². The van der Waals surface area contributed by atoms with Crippen molar-refractivity contribution < 1.29 is 14.5 Å². The number of carbonyl (C=O) groups is 2. The van der Waals surface area contributed by atoms with Gasteiger partial charge in [-0.2, -0.15) is 0 Å². The normalized spacial score (nSPS) is 10.6. The number of aromatic nitrogens is 1. The molecule has 2 aromatic carbocycles. The summed E-state index contributed by atoms with van der Waals surface area (Å²) >= 11 is 0. The van der Waals surface area contributed by atoms with Gasteiger partial charge in [0.05, 0.1) is 10.5 Å². The van der Waals surface area contributed by atoms with Gasteiger partial charge >= 0.3 is 0 Å². The number of nitro groups is 1. The van der Waals surface area contributed by atoms with Crippen LogP contribution in [0.1, 0.15) is 22.3 Å². The van der Waals surface area contributed by atoms with E-state index in [0.717, 1.165) is 12.0 Å². The molecule has 0 aliphatic heterocycles. The number of nitrogens with one attached hydrogen (secondary N) is 2. The SMILES string of the molecule is O=C(NCCCc1ccccc1)C(=O)c1c[nH]c2ccc([N+](=O)[O-])cc12. The molecule has 0 radical (unpaired) electrons. The Morgan fingerprint density at radius 3 is 2.62 bits per heavy atom. The van der Waals surface area contributed by atoms with Crippen LogP contribution in [-0.4, -0.2) is 28.1 Å². The molecule has 3 rings (SSSR count). The number of non-ortho nitro benzene ring substituents is 1. The van der Waals surface area contributed by atoms with E-state index in [1.54, 1.807) is 0 Å². The number of ketones is 1. The molecule has 0 saturated carbocycles. The van der Waals surface area contributed by atoms with Gasteiger partial charge < -0.3 is 10.3 Å². The molecular formula is C19H17N3O4. The second-order valence-electron chi connectivity index (χ2n) is 5.86. The summed E-state index contributed by atoms with van der Waals surface area (Å²) in [6.07, 6.45) is 2.91. The van der Waals surface area contributed by atoms with E-state index in [4.69, 9.17) is 0 Å².